The first-order valence-corrected chi connectivity index (χ1v) is 26.9. The topological polar surface area (TPSA) is 121 Å². The molecule has 3 fully saturated rings. The zero-order chi connectivity index (χ0) is 51.8. The van der Waals surface area contributed by atoms with Crippen molar-refractivity contribution in [3.63, 3.8) is 0 Å². The number of rotatable bonds is 23. The standard InChI is InChI=1S/C30H60N3O3.C27H47N3O3/c1-22(2)28(19-34)31(7,8)16-25-13-26(17-32(9,10)29(20-35)23(3)4)15-27(14-25)18-33(11,12)30(21-36)24(5)6;1-28(10-4-7-25(28)19-31)16-22-13-23(17-29(2)11-5-8-26(29)20-32)15-24(14-22)18-30(3)12-6-9-27(30)21-33/h13-15,22-24,28-30,34-36H,16-21H2,1-12H3;13-16,25-27,31-33H,4-12,17-21H2,1-3H3/q+3;+4/t28-,29-,30-;25-,26-,27-,28?,29?,30?/m10/s1. The van der Waals surface area contributed by atoms with Crippen LogP contribution in [0.5, 0.6) is 0 Å². The average Bonchev–Trinajstić information content (AvgIpc) is 3.91. The van der Waals surface area contributed by atoms with Crippen LogP contribution < -0.4 is 0 Å². The van der Waals surface area contributed by atoms with Crippen molar-refractivity contribution in [3.05, 3.63) is 76.4 Å². The molecule has 394 valence electrons. The van der Waals surface area contributed by atoms with E-state index in [1.54, 1.807) is 0 Å². The summed E-state index contributed by atoms with van der Waals surface area (Å²) in [6.07, 6.45) is 16.3. The highest BCUT2D eigenvalue weighted by molar-refractivity contribution is 5.48. The molecule has 3 unspecified atom stereocenters. The predicted molar refractivity (Wildman–Crippen MR) is 283 cm³/mol. The summed E-state index contributed by atoms with van der Waals surface area (Å²) < 4.78 is 4.81. The third-order valence-corrected chi connectivity index (χ3v) is 17.9. The van der Waals surface area contributed by atoms with Crippen LogP contribution in [0.1, 0.15) is 96.8 Å². The first-order chi connectivity index (χ1) is 32.1. The second-order valence-corrected chi connectivity index (χ2v) is 25.9. The zero-order valence-electron chi connectivity index (χ0n) is 46.7. The van der Waals surface area contributed by atoms with Crippen LogP contribution in [0.15, 0.2) is 53.3 Å². The molecule has 1 aromatic carbocycles. The van der Waals surface area contributed by atoms with Crippen molar-refractivity contribution < 1.29 is 57.5 Å². The van der Waals surface area contributed by atoms with Crippen LogP contribution in [0, 0.1) is 24.2 Å². The largest absolute Gasteiger partial charge is 0.390 e. The number of allylic oxidation sites excluding steroid dienone is 2. The van der Waals surface area contributed by atoms with Gasteiger partial charge < -0.3 is 53.1 Å². The van der Waals surface area contributed by atoms with Gasteiger partial charge in [0, 0.05) is 91.5 Å². The second-order valence-electron chi connectivity index (χ2n) is 25.9. The van der Waals surface area contributed by atoms with Crippen molar-refractivity contribution in [2.75, 3.05) is 136 Å². The Hall–Kier alpha value is -2.17. The number of aliphatic hydroxyl groups is 6. The molecule has 5 rings (SSSR count). The summed E-state index contributed by atoms with van der Waals surface area (Å²) in [7, 11) is 20.2. The Morgan fingerprint density at radius 3 is 1.26 bits per heavy atom. The van der Waals surface area contributed by atoms with Gasteiger partial charge in [0.1, 0.15) is 69.0 Å². The molecule has 4 aliphatic rings. The molecule has 3 aliphatic heterocycles. The molecule has 1 aromatic rings. The van der Waals surface area contributed by atoms with Crippen molar-refractivity contribution in [1.29, 1.82) is 0 Å². The van der Waals surface area contributed by atoms with Gasteiger partial charge in [-0.1, -0.05) is 41.5 Å². The van der Waals surface area contributed by atoms with Gasteiger partial charge in [0.15, 0.2) is 11.8 Å². The lowest BCUT2D eigenvalue weighted by Gasteiger charge is -2.41. The number of benzene rings is 1. The van der Waals surface area contributed by atoms with E-state index in [0.29, 0.717) is 29.8 Å². The molecule has 0 aromatic heterocycles. The minimum atomic E-state index is 0.163. The van der Waals surface area contributed by atoms with Crippen molar-refractivity contribution in [2.24, 2.45) is 17.8 Å². The Balaban J connectivity index is 0.000000301. The molecule has 6 N–H and O–H groups in total. The van der Waals surface area contributed by atoms with E-state index in [1.165, 1.54) is 46.3 Å². The average molecular weight is 973 g/mol. The Morgan fingerprint density at radius 1 is 0.536 bits per heavy atom. The van der Waals surface area contributed by atoms with Crippen LogP contribution in [0.2, 0.25) is 0 Å². The summed E-state index contributed by atoms with van der Waals surface area (Å²) in [5.74, 6) is 1.14. The first-order valence-electron chi connectivity index (χ1n) is 26.9. The third-order valence-electron chi connectivity index (χ3n) is 17.9. The number of hydrogen-bond acceptors (Lipinski definition) is 6. The third kappa shape index (κ3) is 15.2. The summed E-state index contributed by atoms with van der Waals surface area (Å²) in [5.41, 5.74) is 7.78. The SMILES string of the molecule is CC(C)[C@@H](CO)[N+](C)(C)Cc1cc(C[N+](C)(C)[C@H](CO)C(C)C)cc(C[N+](C)(C)[C@H](CO)C(C)C)c1.C[N+]1(C=C2C=C(C[N+]3(C)CCC[C@H]3CO)C=C(C[N+]3(C)CCC[C@H]3CO)[CH+]2)CCC[C@H]1CO. The molecule has 69 heavy (non-hydrogen) atoms. The molecule has 12 nitrogen and oxygen atoms in total. The first kappa shape index (κ1) is 59.4. The van der Waals surface area contributed by atoms with Gasteiger partial charge in [-0.2, -0.15) is 0 Å². The second kappa shape index (κ2) is 24.7. The van der Waals surface area contributed by atoms with Crippen LogP contribution in [0.25, 0.3) is 0 Å². The molecule has 0 spiro atoms. The molecule has 0 saturated carbocycles. The molecule has 0 radical (unpaired) electrons. The number of quaternary nitrogens is 6. The molecule has 9 atom stereocenters. The highest BCUT2D eigenvalue weighted by Gasteiger charge is 2.44. The summed E-state index contributed by atoms with van der Waals surface area (Å²) in [4.78, 5) is 0. The lowest BCUT2D eigenvalue weighted by molar-refractivity contribution is -0.933. The summed E-state index contributed by atoms with van der Waals surface area (Å²) in [6, 6.07) is 8.41. The van der Waals surface area contributed by atoms with E-state index < -0.39 is 0 Å². The molecular weight excluding hydrogens is 865 g/mol. The fourth-order valence-corrected chi connectivity index (χ4v) is 13.8. The van der Waals surface area contributed by atoms with E-state index in [-0.39, 0.29) is 63.8 Å². The van der Waals surface area contributed by atoms with E-state index >= 15 is 0 Å². The van der Waals surface area contributed by atoms with E-state index in [2.05, 4.69) is 148 Å². The van der Waals surface area contributed by atoms with Gasteiger partial charge >= 0.3 is 0 Å². The number of likely N-dealkylation sites (tertiary alicyclic amines) is 3. The molecular formula is C57H107N6O6+7. The predicted octanol–water partition coefficient (Wildman–Crippen LogP) is 5.21. The maximum Gasteiger partial charge on any atom is 0.177 e. The highest BCUT2D eigenvalue weighted by Crippen LogP contribution is 2.35. The normalized spacial score (nSPS) is 28.8. The molecule has 1 aliphatic carbocycles. The van der Waals surface area contributed by atoms with Crippen LogP contribution in [0.3, 0.4) is 0 Å². The Kier molecular flexibility index (Phi) is 21.3. The number of aliphatic hydroxyl groups excluding tert-OH is 6. The van der Waals surface area contributed by atoms with Gasteiger partial charge in [-0.3, -0.25) is 4.48 Å². The van der Waals surface area contributed by atoms with Crippen LogP contribution in [-0.4, -0.2) is 230 Å². The summed E-state index contributed by atoms with van der Waals surface area (Å²) in [5, 5.41) is 60.3. The van der Waals surface area contributed by atoms with Gasteiger partial charge in [-0.15, -0.1) is 0 Å². The number of nitrogens with zero attached hydrogens (tertiary/aromatic N) is 6. The van der Waals surface area contributed by atoms with Crippen LogP contribution >= 0.6 is 0 Å². The molecule has 0 amide bonds. The number of likely N-dealkylation sites (N-methyl/N-ethyl adjacent to an activating group) is 6. The maximum absolute atomic E-state index is 10.1. The summed E-state index contributed by atoms with van der Waals surface area (Å²) in [6.45, 7) is 22.1. The number of hydrogen-bond donors (Lipinski definition) is 6. The maximum atomic E-state index is 10.1. The van der Waals surface area contributed by atoms with Gasteiger partial charge in [-0.25, -0.2) is 0 Å². The lowest BCUT2D eigenvalue weighted by Crippen LogP contribution is -2.53. The van der Waals surface area contributed by atoms with E-state index in [9.17, 15) is 30.6 Å². The fourth-order valence-electron chi connectivity index (χ4n) is 13.8. The molecule has 3 saturated heterocycles. The minimum Gasteiger partial charge on any atom is -0.390 e. The zero-order valence-corrected chi connectivity index (χ0v) is 46.7. The van der Waals surface area contributed by atoms with E-state index in [4.69, 9.17) is 0 Å². The molecule has 3 heterocycles. The monoisotopic (exact) mass is 972 g/mol. The molecule has 12 heteroatoms. The van der Waals surface area contributed by atoms with Gasteiger partial charge in [0.25, 0.3) is 0 Å². The van der Waals surface area contributed by atoms with Crippen molar-refractivity contribution in [2.45, 2.75) is 136 Å². The van der Waals surface area contributed by atoms with Crippen molar-refractivity contribution >= 4 is 0 Å². The van der Waals surface area contributed by atoms with E-state index in [0.717, 1.165) is 105 Å². The van der Waals surface area contributed by atoms with Gasteiger partial charge in [0.2, 0.25) is 0 Å². The van der Waals surface area contributed by atoms with Crippen LogP contribution in [0.4, 0.5) is 0 Å². The Morgan fingerprint density at radius 2 is 0.899 bits per heavy atom. The van der Waals surface area contributed by atoms with Crippen LogP contribution in [-0.2, 0) is 19.6 Å². The van der Waals surface area contributed by atoms with Gasteiger partial charge in [0.05, 0.1) is 134 Å². The molecule has 0 bridgehead atoms. The highest BCUT2D eigenvalue weighted by atomic mass is 16.3. The minimum absolute atomic E-state index is 0.163. The summed E-state index contributed by atoms with van der Waals surface area (Å²) >= 11 is 0. The smallest absolute Gasteiger partial charge is 0.177 e. The van der Waals surface area contributed by atoms with E-state index in [1.807, 2.05) is 0 Å². The Labute approximate surface area is 422 Å². The van der Waals surface area contributed by atoms with Gasteiger partial charge in [-0.05, 0) is 18.2 Å². The van der Waals surface area contributed by atoms with Crippen molar-refractivity contribution in [1.82, 2.24) is 0 Å². The lowest BCUT2D eigenvalue weighted by atomic mass is 9.93. The van der Waals surface area contributed by atoms with Crippen molar-refractivity contribution in [3.8, 4) is 0 Å². The fraction of sp³-hybridized carbons (Fsp3) is 0.772. The quantitative estimate of drug-likeness (QED) is 0.0663. The Bertz CT molecular complexity index is 1760.